The van der Waals surface area contributed by atoms with Crippen molar-refractivity contribution in [3.8, 4) is 0 Å². The number of carbonyl (C=O) groups excluding carboxylic acids is 2. The van der Waals surface area contributed by atoms with Gasteiger partial charge >= 0.3 is 0 Å². The number of aryl methyl sites for hydroxylation is 1. The van der Waals surface area contributed by atoms with E-state index in [2.05, 4.69) is 15.1 Å². The van der Waals surface area contributed by atoms with Gasteiger partial charge in [0.05, 0.1) is 10.6 Å². The van der Waals surface area contributed by atoms with Crippen molar-refractivity contribution < 1.29 is 14.5 Å². The first kappa shape index (κ1) is 21.3. The summed E-state index contributed by atoms with van der Waals surface area (Å²) < 4.78 is 0. The van der Waals surface area contributed by atoms with Crippen LogP contribution in [0.25, 0.3) is 0 Å². The monoisotopic (exact) mass is 411 g/mol. The summed E-state index contributed by atoms with van der Waals surface area (Å²) >= 11 is 0. The minimum atomic E-state index is -0.476. The van der Waals surface area contributed by atoms with Crippen LogP contribution in [0.3, 0.4) is 0 Å². The van der Waals surface area contributed by atoms with E-state index in [9.17, 15) is 19.7 Å². The van der Waals surface area contributed by atoms with Gasteiger partial charge in [-0.15, -0.1) is 0 Å². The van der Waals surface area contributed by atoms with Crippen molar-refractivity contribution in [2.45, 2.75) is 13.3 Å². The fourth-order valence-electron chi connectivity index (χ4n) is 3.40. The number of rotatable bonds is 7. The molecular formula is C21H25N5O4. The van der Waals surface area contributed by atoms with Gasteiger partial charge in [0, 0.05) is 62.5 Å². The Morgan fingerprint density at radius 3 is 2.37 bits per heavy atom. The van der Waals surface area contributed by atoms with Crippen LogP contribution in [0, 0.1) is 17.0 Å². The number of nitro groups is 1. The molecule has 1 fully saturated rings. The number of carbonyl (C=O) groups is 2. The smallest absolute Gasteiger partial charge is 0.271 e. The number of benzene rings is 2. The number of nitrogens with one attached hydrogen (secondary N) is 1. The second-order valence-corrected chi connectivity index (χ2v) is 7.29. The molecule has 1 heterocycles. The van der Waals surface area contributed by atoms with Crippen LogP contribution in [0.15, 0.2) is 42.5 Å². The maximum absolute atomic E-state index is 12.3. The molecule has 3 N–H and O–H groups in total. The first-order valence-corrected chi connectivity index (χ1v) is 9.75. The number of primary amides is 1. The van der Waals surface area contributed by atoms with Crippen LogP contribution >= 0.6 is 0 Å². The predicted molar refractivity (Wildman–Crippen MR) is 115 cm³/mol. The summed E-state index contributed by atoms with van der Waals surface area (Å²) in [6, 6.07) is 11.7. The molecule has 0 aliphatic carbocycles. The molecule has 0 spiro atoms. The second-order valence-electron chi connectivity index (χ2n) is 7.29. The van der Waals surface area contributed by atoms with E-state index in [0.29, 0.717) is 24.2 Å². The highest BCUT2D eigenvalue weighted by Gasteiger charge is 2.18. The standard InChI is InChI=1S/C21H25N5O4/c1-15-2-5-18(26(29)30)14-19(15)23-20(27)8-9-24-10-12-25(13-11-24)17-6-3-16(4-7-17)21(22)28/h2-7,14H,8-13H2,1H3,(H2,22,28)(H,23,27). The predicted octanol–water partition coefficient (Wildman–Crippen LogP) is 2.15. The Balaban J connectivity index is 1.46. The molecule has 0 radical (unpaired) electrons. The van der Waals surface area contributed by atoms with Crippen LogP contribution in [0.1, 0.15) is 22.3 Å². The van der Waals surface area contributed by atoms with Crippen molar-refractivity contribution in [1.29, 1.82) is 0 Å². The topological polar surface area (TPSA) is 122 Å². The third-order valence-electron chi connectivity index (χ3n) is 5.25. The maximum atomic E-state index is 12.3. The van der Waals surface area contributed by atoms with Gasteiger partial charge in [-0.3, -0.25) is 24.6 Å². The van der Waals surface area contributed by atoms with Crippen LogP contribution in [0.4, 0.5) is 17.1 Å². The van der Waals surface area contributed by atoms with Crippen molar-refractivity contribution in [1.82, 2.24) is 4.90 Å². The molecule has 2 aromatic rings. The molecule has 1 saturated heterocycles. The van der Waals surface area contributed by atoms with Crippen LogP contribution < -0.4 is 16.0 Å². The quantitative estimate of drug-likeness (QED) is 0.532. The molecule has 1 aliphatic rings. The number of nitrogens with two attached hydrogens (primary N) is 1. The normalized spacial score (nSPS) is 14.4. The minimum absolute atomic E-state index is 0.0455. The minimum Gasteiger partial charge on any atom is -0.369 e. The van der Waals surface area contributed by atoms with Crippen molar-refractivity contribution in [3.63, 3.8) is 0 Å². The molecule has 2 aromatic carbocycles. The molecule has 0 bridgehead atoms. The fourth-order valence-corrected chi connectivity index (χ4v) is 3.40. The number of non-ortho nitro benzene ring substituents is 1. The Kier molecular flexibility index (Phi) is 6.63. The summed E-state index contributed by atoms with van der Waals surface area (Å²) in [6.07, 6.45) is 0.315. The summed E-state index contributed by atoms with van der Waals surface area (Å²) in [7, 11) is 0. The van der Waals surface area contributed by atoms with Gasteiger partial charge in [0.1, 0.15) is 0 Å². The molecule has 3 rings (SSSR count). The summed E-state index contributed by atoms with van der Waals surface area (Å²) in [6.45, 7) is 5.70. The SMILES string of the molecule is Cc1ccc([N+](=O)[O-])cc1NC(=O)CCN1CCN(c2ccc(C(N)=O)cc2)CC1. The molecule has 0 atom stereocenters. The molecular weight excluding hydrogens is 386 g/mol. The van der Waals surface area contributed by atoms with Crippen LogP contribution in [-0.2, 0) is 4.79 Å². The van der Waals surface area contributed by atoms with Gasteiger partial charge in [-0.1, -0.05) is 6.07 Å². The molecule has 1 aliphatic heterocycles. The number of amides is 2. The van der Waals surface area contributed by atoms with E-state index in [1.807, 2.05) is 12.1 Å². The van der Waals surface area contributed by atoms with Gasteiger partial charge in [0.25, 0.3) is 5.69 Å². The van der Waals surface area contributed by atoms with Crippen molar-refractivity contribution in [2.75, 3.05) is 42.9 Å². The maximum Gasteiger partial charge on any atom is 0.271 e. The molecule has 0 saturated carbocycles. The third-order valence-corrected chi connectivity index (χ3v) is 5.25. The van der Waals surface area contributed by atoms with Gasteiger partial charge in [0.15, 0.2) is 0 Å². The van der Waals surface area contributed by atoms with Crippen LogP contribution in [0.5, 0.6) is 0 Å². The number of nitro benzene ring substituents is 1. The Labute approximate surface area is 174 Å². The zero-order valence-corrected chi connectivity index (χ0v) is 16.8. The van der Waals surface area contributed by atoms with Crippen molar-refractivity contribution >= 4 is 28.9 Å². The Bertz CT molecular complexity index is 937. The zero-order chi connectivity index (χ0) is 21.7. The number of hydrogen-bond donors (Lipinski definition) is 2. The number of piperazine rings is 1. The average Bonchev–Trinajstić information content (AvgIpc) is 2.74. The summed E-state index contributed by atoms with van der Waals surface area (Å²) in [4.78, 5) is 38.4. The van der Waals surface area contributed by atoms with E-state index in [1.54, 1.807) is 25.1 Å². The Morgan fingerprint density at radius 2 is 1.77 bits per heavy atom. The molecule has 0 unspecified atom stereocenters. The fraction of sp³-hybridized carbons (Fsp3) is 0.333. The lowest BCUT2D eigenvalue weighted by molar-refractivity contribution is -0.384. The highest BCUT2D eigenvalue weighted by molar-refractivity contribution is 5.93. The lowest BCUT2D eigenvalue weighted by atomic mass is 10.1. The van der Waals surface area contributed by atoms with E-state index in [-0.39, 0.29) is 11.6 Å². The summed E-state index contributed by atoms with van der Waals surface area (Å²) in [5, 5.41) is 13.7. The largest absolute Gasteiger partial charge is 0.369 e. The highest BCUT2D eigenvalue weighted by atomic mass is 16.6. The van der Waals surface area contributed by atoms with Crippen molar-refractivity contribution in [3.05, 3.63) is 63.7 Å². The first-order valence-electron chi connectivity index (χ1n) is 9.75. The Morgan fingerprint density at radius 1 is 1.10 bits per heavy atom. The zero-order valence-electron chi connectivity index (χ0n) is 16.8. The van der Waals surface area contributed by atoms with Gasteiger partial charge in [-0.2, -0.15) is 0 Å². The lowest BCUT2D eigenvalue weighted by Crippen LogP contribution is -2.47. The van der Waals surface area contributed by atoms with Crippen LogP contribution in [-0.4, -0.2) is 54.4 Å². The van der Waals surface area contributed by atoms with Gasteiger partial charge in [0.2, 0.25) is 11.8 Å². The van der Waals surface area contributed by atoms with Gasteiger partial charge in [-0.05, 0) is 36.8 Å². The third kappa shape index (κ3) is 5.32. The van der Waals surface area contributed by atoms with Crippen LogP contribution in [0.2, 0.25) is 0 Å². The second kappa shape index (κ2) is 9.36. The van der Waals surface area contributed by atoms with Gasteiger partial charge in [-0.25, -0.2) is 0 Å². The molecule has 0 aromatic heterocycles. The van der Waals surface area contributed by atoms with Gasteiger partial charge < -0.3 is 16.0 Å². The molecule has 30 heavy (non-hydrogen) atoms. The lowest BCUT2D eigenvalue weighted by Gasteiger charge is -2.36. The number of nitrogens with zero attached hydrogens (tertiary/aromatic N) is 3. The Hall–Kier alpha value is -3.46. The summed E-state index contributed by atoms with van der Waals surface area (Å²) in [5.74, 6) is -0.604. The van der Waals surface area contributed by atoms with E-state index in [1.165, 1.54) is 12.1 Å². The molecule has 2 amide bonds. The molecule has 158 valence electrons. The van der Waals surface area contributed by atoms with E-state index in [0.717, 1.165) is 37.4 Å². The van der Waals surface area contributed by atoms with E-state index < -0.39 is 10.8 Å². The number of anilines is 2. The molecule has 9 nitrogen and oxygen atoms in total. The van der Waals surface area contributed by atoms with Crippen molar-refractivity contribution in [2.24, 2.45) is 5.73 Å². The summed E-state index contributed by atoms with van der Waals surface area (Å²) in [5.41, 5.74) is 8.01. The van der Waals surface area contributed by atoms with E-state index >= 15 is 0 Å². The first-order chi connectivity index (χ1) is 14.3. The number of hydrogen-bond acceptors (Lipinski definition) is 6. The highest BCUT2D eigenvalue weighted by Crippen LogP contribution is 2.22. The molecule has 9 heteroatoms. The van der Waals surface area contributed by atoms with E-state index in [4.69, 9.17) is 5.73 Å². The average molecular weight is 411 g/mol.